The van der Waals surface area contributed by atoms with E-state index in [1.165, 1.54) is 0 Å². The summed E-state index contributed by atoms with van der Waals surface area (Å²) >= 11 is 1.59. The van der Waals surface area contributed by atoms with E-state index >= 15 is 0 Å². The molecule has 0 unspecified atom stereocenters. The maximum absolute atomic E-state index is 9.15. The van der Waals surface area contributed by atoms with Crippen LogP contribution >= 0.6 is 11.3 Å². The molecule has 2 aromatic rings. The molecule has 2 rings (SSSR count). The summed E-state index contributed by atoms with van der Waals surface area (Å²) < 4.78 is 1.04. The molecule has 0 amide bonds. The smallest absolute Gasteiger partial charge is 0.118 e. The normalized spacial score (nSPS) is 10.5. The molecule has 0 radical (unpaired) electrons. The molecule has 1 aromatic heterocycles. The van der Waals surface area contributed by atoms with E-state index in [1.807, 2.05) is 11.4 Å². The number of nitrogens with two attached hydrogens (primary N) is 1. The Labute approximate surface area is 67.9 Å². The predicted molar refractivity (Wildman–Crippen MR) is 47.9 cm³/mol. The van der Waals surface area contributed by atoms with E-state index in [9.17, 15) is 0 Å². The van der Waals surface area contributed by atoms with Crippen LogP contribution in [0.2, 0.25) is 0 Å². The fourth-order valence-corrected chi connectivity index (χ4v) is 1.90. The Balaban J connectivity index is 2.91. The van der Waals surface area contributed by atoms with Crippen LogP contribution < -0.4 is 5.73 Å². The van der Waals surface area contributed by atoms with Crippen molar-refractivity contribution in [2.45, 2.75) is 0 Å². The van der Waals surface area contributed by atoms with Crippen molar-refractivity contribution in [3.8, 4) is 5.75 Å². The van der Waals surface area contributed by atoms with Gasteiger partial charge in [-0.05, 0) is 22.9 Å². The van der Waals surface area contributed by atoms with Gasteiger partial charge in [0.25, 0.3) is 0 Å². The summed E-state index contributed by atoms with van der Waals surface area (Å²) in [6.45, 7) is 0. The second-order valence-electron chi connectivity index (χ2n) is 2.37. The molecule has 0 aliphatic heterocycles. The molecule has 3 N–H and O–H groups in total. The third-order valence-corrected chi connectivity index (χ3v) is 2.54. The lowest BCUT2D eigenvalue weighted by molar-refractivity contribution is 0.476. The summed E-state index contributed by atoms with van der Waals surface area (Å²) in [5.41, 5.74) is 6.30. The van der Waals surface area contributed by atoms with Crippen LogP contribution in [0.1, 0.15) is 0 Å². The molecule has 0 bridgehead atoms. The zero-order valence-electron chi connectivity index (χ0n) is 5.74. The largest absolute Gasteiger partial charge is 0.508 e. The van der Waals surface area contributed by atoms with Gasteiger partial charge in [-0.15, -0.1) is 11.3 Å². The fraction of sp³-hybridized carbons (Fsp3) is 0. The van der Waals surface area contributed by atoms with Crippen molar-refractivity contribution in [1.29, 1.82) is 0 Å². The van der Waals surface area contributed by atoms with Crippen molar-refractivity contribution >= 4 is 27.1 Å². The molecule has 0 aliphatic carbocycles. The summed E-state index contributed by atoms with van der Waals surface area (Å²) in [6.07, 6.45) is 0. The highest BCUT2D eigenvalue weighted by Gasteiger charge is 2.00. The Morgan fingerprint density at radius 3 is 3.00 bits per heavy atom. The first-order chi connectivity index (χ1) is 5.27. The average molecular weight is 165 g/mol. The topological polar surface area (TPSA) is 46.2 Å². The van der Waals surface area contributed by atoms with E-state index < -0.39 is 0 Å². The quantitative estimate of drug-likeness (QED) is 0.588. The van der Waals surface area contributed by atoms with Crippen LogP contribution in [0, 0.1) is 0 Å². The van der Waals surface area contributed by atoms with Crippen molar-refractivity contribution in [1.82, 2.24) is 0 Å². The molecule has 2 nitrogen and oxygen atoms in total. The number of hydrogen-bond acceptors (Lipinski definition) is 3. The van der Waals surface area contributed by atoms with Gasteiger partial charge in [0.05, 0.1) is 10.4 Å². The molecule has 0 saturated carbocycles. The Morgan fingerprint density at radius 2 is 2.18 bits per heavy atom. The molecule has 0 spiro atoms. The molecule has 0 aliphatic rings. The van der Waals surface area contributed by atoms with E-state index in [-0.39, 0.29) is 5.75 Å². The van der Waals surface area contributed by atoms with Crippen molar-refractivity contribution in [3.63, 3.8) is 0 Å². The summed E-state index contributed by atoms with van der Waals surface area (Å²) in [6, 6.07) is 5.22. The third kappa shape index (κ3) is 0.935. The van der Waals surface area contributed by atoms with Gasteiger partial charge < -0.3 is 10.8 Å². The number of anilines is 1. The van der Waals surface area contributed by atoms with E-state index in [4.69, 9.17) is 10.8 Å². The number of phenolic OH excluding ortho intramolecular Hbond substituents is 1. The molecular weight excluding hydrogens is 158 g/mol. The van der Waals surface area contributed by atoms with Crippen molar-refractivity contribution in [2.75, 3.05) is 5.73 Å². The van der Waals surface area contributed by atoms with Gasteiger partial charge in [-0.3, -0.25) is 0 Å². The number of phenols is 1. The van der Waals surface area contributed by atoms with Crippen LogP contribution in [0.5, 0.6) is 5.75 Å². The Kier molecular flexibility index (Phi) is 1.26. The lowest BCUT2D eigenvalue weighted by atomic mass is 10.2. The molecular formula is C8H7NOS. The van der Waals surface area contributed by atoms with Crippen LogP contribution in [0.15, 0.2) is 23.6 Å². The van der Waals surface area contributed by atoms with Crippen LogP contribution in [0.25, 0.3) is 10.1 Å². The number of fused-ring (bicyclic) bond motifs is 1. The predicted octanol–water partition coefficient (Wildman–Crippen LogP) is 2.19. The van der Waals surface area contributed by atoms with Gasteiger partial charge in [-0.2, -0.15) is 0 Å². The highest BCUT2D eigenvalue weighted by Crippen LogP contribution is 2.30. The number of thiophene rings is 1. The molecule has 3 heteroatoms. The fourth-order valence-electron chi connectivity index (χ4n) is 1.09. The molecule has 11 heavy (non-hydrogen) atoms. The number of nitrogen functional groups attached to an aromatic ring is 1. The minimum absolute atomic E-state index is 0.230. The zero-order chi connectivity index (χ0) is 7.84. The van der Waals surface area contributed by atoms with E-state index in [0.717, 1.165) is 10.1 Å². The highest BCUT2D eigenvalue weighted by molar-refractivity contribution is 7.17. The standard InChI is InChI=1S/C8H7NOS/c9-7-4-6(10)3-5-1-2-11-8(5)7/h1-4,10H,9H2. The lowest BCUT2D eigenvalue weighted by Gasteiger charge is -1.96. The van der Waals surface area contributed by atoms with E-state index in [0.29, 0.717) is 5.69 Å². The number of rotatable bonds is 0. The van der Waals surface area contributed by atoms with Gasteiger partial charge in [0.1, 0.15) is 5.75 Å². The van der Waals surface area contributed by atoms with Crippen LogP contribution in [-0.4, -0.2) is 5.11 Å². The third-order valence-electron chi connectivity index (χ3n) is 1.56. The summed E-state index contributed by atoms with van der Waals surface area (Å²) in [7, 11) is 0. The molecule has 1 aromatic carbocycles. The molecule has 56 valence electrons. The minimum atomic E-state index is 0.230. The number of hydrogen-bond donors (Lipinski definition) is 2. The number of benzene rings is 1. The molecule has 0 fully saturated rings. The minimum Gasteiger partial charge on any atom is -0.508 e. The summed E-state index contributed by atoms with van der Waals surface area (Å²) in [5.74, 6) is 0.230. The van der Waals surface area contributed by atoms with Crippen LogP contribution in [0.4, 0.5) is 5.69 Å². The summed E-state index contributed by atoms with van der Waals surface area (Å²) in [4.78, 5) is 0. The van der Waals surface area contributed by atoms with Crippen LogP contribution in [0.3, 0.4) is 0 Å². The first kappa shape index (κ1) is 6.49. The van der Waals surface area contributed by atoms with Crippen molar-refractivity contribution in [3.05, 3.63) is 23.6 Å². The van der Waals surface area contributed by atoms with Crippen LogP contribution in [-0.2, 0) is 0 Å². The first-order valence-corrected chi connectivity index (χ1v) is 4.11. The van der Waals surface area contributed by atoms with Gasteiger partial charge in [-0.1, -0.05) is 0 Å². The monoisotopic (exact) mass is 165 g/mol. The van der Waals surface area contributed by atoms with Crippen molar-refractivity contribution < 1.29 is 5.11 Å². The molecule has 0 atom stereocenters. The SMILES string of the molecule is Nc1cc(O)cc2ccsc12. The average Bonchev–Trinajstić information content (AvgIpc) is 2.34. The Bertz CT molecular complexity index is 394. The number of aromatic hydroxyl groups is 1. The van der Waals surface area contributed by atoms with Gasteiger partial charge in [0.15, 0.2) is 0 Å². The van der Waals surface area contributed by atoms with E-state index in [2.05, 4.69) is 0 Å². The molecule has 1 heterocycles. The highest BCUT2D eigenvalue weighted by atomic mass is 32.1. The first-order valence-electron chi connectivity index (χ1n) is 3.23. The second-order valence-corrected chi connectivity index (χ2v) is 3.29. The Morgan fingerprint density at radius 1 is 1.36 bits per heavy atom. The summed E-state index contributed by atoms with van der Waals surface area (Å²) in [5, 5.41) is 12.1. The molecule has 0 saturated heterocycles. The second kappa shape index (κ2) is 2.13. The van der Waals surface area contributed by atoms with Gasteiger partial charge in [0.2, 0.25) is 0 Å². The maximum atomic E-state index is 9.15. The maximum Gasteiger partial charge on any atom is 0.118 e. The lowest BCUT2D eigenvalue weighted by Crippen LogP contribution is -1.82. The van der Waals surface area contributed by atoms with Gasteiger partial charge >= 0.3 is 0 Å². The zero-order valence-corrected chi connectivity index (χ0v) is 6.56. The van der Waals surface area contributed by atoms with Gasteiger partial charge in [0, 0.05) is 6.07 Å². The Hall–Kier alpha value is -1.22. The van der Waals surface area contributed by atoms with Crippen molar-refractivity contribution in [2.24, 2.45) is 0 Å². The van der Waals surface area contributed by atoms with E-state index in [1.54, 1.807) is 23.5 Å². The van der Waals surface area contributed by atoms with Gasteiger partial charge in [-0.25, -0.2) is 0 Å².